The summed E-state index contributed by atoms with van der Waals surface area (Å²) in [4.78, 5) is 18.3. The highest BCUT2D eigenvalue weighted by molar-refractivity contribution is 7.11. The standard InChI is InChI=1S/C29H32N4O6S.C6H12/c34-23-9-8-22(28-26(23)33-25(36)17-38-28)24(35)16-31-13-11-20-6-7-21(40-20)15-30-12-10-19-14-32-29(39-19)27(37)18-4-2-1-3-5-18;1-2-4-6-5-3-1/h1-9,14,24,27,30-31,34-35,37H,10-13,15-17H2,(H,33,36);1-6H2. The highest BCUT2D eigenvalue weighted by Crippen LogP contribution is 2.41. The Kier molecular flexibility index (Phi) is 12.6. The van der Waals surface area contributed by atoms with Crippen molar-refractivity contribution in [2.75, 3.05) is 31.6 Å². The van der Waals surface area contributed by atoms with Gasteiger partial charge in [0.2, 0.25) is 5.89 Å². The summed E-state index contributed by atoms with van der Waals surface area (Å²) in [5.74, 6) is 0.886. The highest BCUT2D eigenvalue weighted by atomic mass is 32.1. The minimum Gasteiger partial charge on any atom is -0.506 e. The quantitative estimate of drug-likeness (QED) is 0.0829. The zero-order chi connectivity index (χ0) is 32.1. The van der Waals surface area contributed by atoms with E-state index in [-0.39, 0.29) is 24.0 Å². The fourth-order valence-electron chi connectivity index (χ4n) is 5.48. The molecule has 1 saturated carbocycles. The number of amides is 1. The predicted molar refractivity (Wildman–Crippen MR) is 178 cm³/mol. The highest BCUT2D eigenvalue weighted by Gasteiger charge is 2.25. The summed E-state index contributed by atoms with van der Waals surface area (Å²) >= 11 is 1.74. The average Bonchev–Trinajstić information content (AvgIpc) is 3.76. The Hall–Kier alpha value is -3.74. The third kappa shape index (κ3) is 9.63. The second kappa shape index (κ2) is 17.3. The summed E-state index contributed by atoms with van der Waals surface area (Å²) in [7, 11) is 0. The van der Waals surface area contributed by atoms with Gasteiger partial charge < -0.3 is 40.4 Å². The van der Waals surface area contributed by atoms with Gasteiger partial charge in [0, 0.05) is 47.9 Å². The Morgan fingerprint density at radius 3 is 2.37 bits per heavy atom. The van der Waals surface area contributed by atoms with E-state index >= 15 is 0 Å². The van der Waals surface area contributed by atoms with E-state index < -0.39 is 12.2 Å². The molecule has 0 spiro atoms. The molecule has 1 aliphatic heterocycles. The van der Waals surface area contributed by atoms with Crippen molar-refractivity contribution < 1.29 is 29.3 Å². The number of hydrogen-bond donors (Lipinski definition) is 6. The monoisotopic (exact) mass is 648 g/mol. The number of benzene rings is 2. The first-order chi connectivity index (χ1) is 22.5. The van der Waals surface area contributed by atoms with Crippen molar-refractivity contribution in [1.82, 2.24) is 15.6 Å². The van der Waals surface area contributed by atoms with Crippen LogP contribution in [-0.4, -0.2) is 52.5 Å². The van der Waals surface area contributed by atoms with Crippen molar-refractivity contribution in [2.45, 2.75) is 70.1 Å². The number of rotatable bonds is 13. The molecule has 246 valence electrons. The fraction of sp³-hybridized carbons (Fsp3) is 0.429. The van der Waals surface area contributed by atoms with Gasteiger partial charge in [0.15, 0.2) is 18.5 Å². The first-order valence-corrected chi connectivity index (χ1v) is 16.9. The second-order valence-electron chi connectivity index (χ2n) is 11.6. The van der Waals surface area contributed by atoms with Gasteiger partial charge >= 0.3 is 0 Å². The number of oxazole rings is 1. The summed E-state index contributed by atoms with van der Waals surface area (Å²) in [6.07, 6.45) is 10.4. The molecule has 4 aromatic rings. The lowest BCUT2D eigenvalue weighted by Crippen LogP contribution is -2.28. The van der Waals surface area contributed by atoms with Gasteiger partial charge in [-0.15, -0.1) is 11.3 Å². The molecule has 2 atom stereocenters. The Morgan fingerprint density at radius 1 is 0.891 bits per heavy atom. The molecular formula is C35H44N4O6S. The third-order valence-electron chi connectivity index (χ3n) is 8.01. The van der Waals surface area contributed by atoms with Crippen molar-refractivity contribution in [3.05, 3.63) is 93.3 Å². The van der Waals surface area contributed by atoms with E-state index in [2.05, 4.69) is 33.1 Å². The molecule has 3 heterocycles. The minimum absolute atomic E-state index is 0.0965. The molecule has 0 bridgehead atoms. The molecule has 0 saturated heterocycles. The number of fused-ring (bicyclic) bond motifs is 1. The number of carbonyl (C=O) groups is 1. The van der Waals surface area contributed by atoms with Crippen LogP contribution in [-0.2, 0) is 24.2 Å². The molecular weight excluding hydrogens is 604 g/mol. The number of carbonyl (C=O) groups excluding carboxylic acids is 1. The fourth-order valence-corrected chi connectivity index (χ4v) is 6.47. The van der Waals surface area contributed by atoms with E-state index in [1.807, 2.05) is 30.3 Å². The van der Waals surface area contributed by atoms with E-state index in [0.717, 1.165) is 30.8 Å². The van der Waals surface area contributed by atoms with Crippen LogP contribution in [0.2, 0.25) is 0 Å². The number of nitrogens with one attached hydrogen (secondary N) is 3. The molecule has 2 aromatic carbocycles. The van der Waals surface area contributed by atoms with Crippen molar-refractivity contribution in [2.24, 2.45) is 0 Å². The second-order valence-corrected chi connectivity index (χ2v) is 12.8. The van der Waals surface area contributed by atoms with E-state index in [1.54, 1.807) is 23.6 Å². The van der Waals surface area contributed by atoms with Crippen molar-refractivity contribution in [1.29, 1.82) is 0 Å². The molecule has 2 aliphatic rings. The van der Waals surface area contributed by atoms with E-state index in [9.17, 15) is 20.1 Å². The number of hydrogen-bond acceptors (Lipinski definition) is 10. The molecule has 1 aliphatic carbocycles. The molecule has 1 fully saturated rings. The Balaban J connectivity index is 0.000000624. The maximum atomic E-state index is 11.6. The van der Waals surface area contributed by atoms with Crippen LogP contribution in [0.15, 0.2) is 65.2 Å². The summed E-state index contributed by atoms with van der Waals surface area (Å²) in [5, 5.41) is 40.3. The number of aliphatic hydroxyl groups excluding tert-OH is 2. The number of nitrogens with zero attached hydrogens (tertiary/aromatic N) is 1. The van der Waals surface area contributed by atoms with Crippen LogP contribution < -0.4 is 20.7 Å². The largest absolute Gasteiger partial charge is 0.506 e. The zero-order valence-corrected chi connectivity index (χ0v) is 26.9. The third-order valence-corrected chi connectivity index (χ3v) is 9.15. The number of ether oxygens (including phenoxy) is 1. The SMILES string of the molecule is C1CCCCC1.O=C1COc2c(C(O)CNCCc3ccc(CNCCc4cnc(C(O)c5ccccc5)o4)s3)ccc(O)c2N1. The zero-order valence-electron chi connectivity index (χ0n) is 26.0. The Morgan fingerprint density at radius 2 is 1.61 bits per heavy atom. The van der Waals surface area contributed by atoms with E-state index in [0.29, 0.717) is 36.7 Å². The van der Waals surface area contributed by atoms with Gasteiger partial charge in [-0.3, -0.25) is 4.79 Å². The van der Waals surface area contributed by atoms with Crippen LogP contribution in [0.4, 0.5) is 5.69 Å². The van der Waals surface area contributed by atoms with Crippen LogP contribution in [0.25, 0.3) is 0 Å². The maximum absolute atomic E-state index is 11.6. The smallest absolute Gasteiger partial charge is 0.262 e. The first kappa shape index (κ1) is 33.6. The number of anilines is 1. The predicted octanol–water partition coefficient (Wildman–Crippen LogP) is 5.39. The van der Waals surface area contributed by atoms with Gasteiger partial charge in [-0.1, -0.05) is 68.9 Å². The van der Waals surface area contributed by atoms with Gasteiger partial charge in [-0.25, -0.2) is 4.98 Å². The van der Waals surface area contributed by atoms with Crippen molar-refractivity contribution in [3.8, 4) is 11.5 Å². The van der Waals surface area contributed by atoms with Crippen molar-refractivity contribution >= 4 is 22.9 Å². The van der Waals surface area contributed by atoms with Crippen LogP contribution >= 0.6 is 11.3 Å². The molecule has 1 amide bonds. The number of aromatic nitrogens is 1. The number of aliphatic hydroxyl groups is 2. The van der Waals surface area contributed by atoms with Crippen molar-refractivity contribution in [3.63, 3.8) is 0 Å². The average molecular weight is 649 g/mol. The lowest BCUT2D eigenvalue weighted by Gasteiger charge is -2.23. The molecule has 2 unspecified atom stereocenters. The minimum atomic E-state index is -0.874. The van der Waals surface area contributed by atoms with Gasteiger partial charge in [0.05, 0.1) is 12.3 Å². The lowest BCUT2D eigenvalue weighted by atomic mass is 10.0. The van der Waals surface area contributed by atoms with E-state index in [4.69, 9.17) is 9.15 Å². The van der Waals surface area contributed by atoms with Crippen LogP contribution in [0.3, 0.4) is 0 Å². The maximum Gasteiger partial charge on any atom is 0.262 e. The van der Waals surface area contributed by atoms with Gasteiger partial charge in [0.1, 0.15) is 17.2 Å². The molecule has 6 rings (SSSR count). The lowest BCUT2D eigenvalue weighted by molar-refractivity contribution is -0.118. The van der Waals surface area contributed by atoms with Crippen LogP contribution in [0.1, 0.15) is 83.3 Å². The molecule has 46 heavy (non-hydrogen) atoms. The number of phenols is 1. The first-order valence-electron chi connectivity index (χ1n) is 16.1. The molecule has 11 heteroatoms. The summed E-state index contributed by atoms with van der Waals surface area (Å²) in [5.41, 5.74) is 1.45. The van der Waals surface area contributed by atoms with Gasteiger partial charge in [0.25, 0.3) is 5.91 Å². The van der Waals surface area contributed by atoms with Gasteiger partial charge in [-0.05, 0) is 36.2 Å². The topological polar surface area (TPSA) is 149 Å². The molecule has 2 aromatic heterocycles. The Bertz CT molecular complexity index is 1510. The molecule has 10 nitrogen and oxygen atoms in total. The normalized spacial score (nSPS) is 15.6. The number of aromatic hydroxyl groups is 1. The molecule has 0 radical (unpaired) electrons. The number of phenolic OH excluding ortho intramolecular Hbond substituents is 1. The Labute approximate surface area is 273 Å². The number of thiophene rings is 1. The summed E-state index contributed by atoms with van der Waals surface area (Å²) in [6, 6.07) is 16.6. The summed E-state index contributed by atoms with van der Waals surface area (Å²) in [6.45, 7) is 2.30. The van der Waals surface area contributed by atoms with E-state index in [1.165, 1.54) is 54.3 Å². The summed E-state index contributed by atoms with van der Waals surface area (Å²) < 4.78 is 11.2. The van der Waals surface area contributed by atoms with Crippen LogP contribution in [0, 0.1) is 0 Å². The van der Waals surface area contributed by atoms with Gasteiger partial charge in [-0.2, -0.15) is 0 Å². The van der Waals surface area contributed by atoms with Crippen LogP contribution in [0.5, 0.6) is 11.5 Å². The molecule has 6 N–H and O–H groups in total.